The molecule has 0 radical (unpaired) electrons. The van der Waals surface area contributed by atoms with E-state index in [-0.39, 0.29) is 13.2 Å². The van der Waals surface area contributed by atoms with Gasteiger partial charge in [-0.05, 0) is 30.4 Å². The summed E-state index contributed by atoms with van der Waals surface area (Å²) in [5, 5.41) is 3.37. The summed E-state index contributed by atoms with van der Waals surface area (Å²) in [5.41, 5.74) is 1.33. The molecule has 1 aromatic carbocycles. The van der Waals surface area contributed by atoms with Crippen molar-refractivity contribution in [2.24, 2.45) is 22.9 Å². The summed E-state index contributed by atoms with van der Waals surface area (Å²) >= 11 is 0. The molecule has 0 N–H and O–H groups in total. The van der Waals surface area contributed by atoms with Gasteiger partial charge in [0, 0.05) is 10.8 Å². The van der Waals surface area contributed by atoms with E-state index in [4.69, 9.17) is 15.0 Å². The maximum absolute atomic E-state index is 13.0. The fourth-order valence-corrected chi connectivity index (χ4v) is 4.78. The highest BCUT2D eigenvalue weighted by molar-refractivity contribution is 7.87. The number of hydrogen-bond acceptors (Lipinski definition) is 8. The van der Waals surface area contributed by atoms with Crippen LogP contribution in [-0.2, 0) is 40.0 Å². The average Bonchev–Trinajstić information content (AvgIpc) is 3.35. The Hall–Kier alpha value is -2.83. The van der Waals surface area contributed by atoms with E-state index in [9.17, 15) is 31.2 Å². The molecule has 10 nitrogen and oxygen atoms in total. The molecule has 32 heavy (non-hydrogen) atoms. The molecule has 174 valence electrons. The first-order chi connectivity index (χ1) is 15.0. The van der Waals surface area contributed by atoms with Gasteiger partial charge in [0.2, 0.25) is 0 Å². The summed E-state index contributed by atoms with van der Waals surface area (Å²) in [6.45, 7) is 1.21. The Labute approximate surface area is 180 Å². The van der Waals surface area contributed by atoms with Crippen LogP contribution in [-0.4, -0.2) is 44.1 Å². The van der Waals surface area contributed by atoms with Crippen molar-refractivity contribution < 1.29 is 44.8 Å². The number of benzene rings is 1. The molecule has 0 spiro atoms. The maximum atomic E-state index is 13.0. The molecule has 0 aromatic heterocycles. The van der Waals surface area contributed by atoms with Gasteiger partial charge >= 0.3 is 27.6 Å². The van der Waals surface area contributed by atoms with Gasteiger partial charge in [-0.25, -0.2) is 0 Å². The second-order valence-electron chi connectivity index (χ2n) is 7.26. The fraction of sp³-hybridized carbons (Fsp3) is 0.556. The number of azide groups is 1. The molecular weight excluding hydrogens is 459 g/mol. The minimum absolute atomic E-state index is 0.00409. The van der Waals surface area contributed by atoms with Gasteiger partial charge in [0.15, 0.2) is 5.54 Å². The Morgan fingerprint density at radius 3 is 2.47 bits per heavy atom. The van der Waals surface area contributed by atoms with Crippen LogP contribution < -0.4 is 0 Å². The van der Waals surface area contributed by atoms with Crippen LogP contribution in [0.5, 0.6) is 0 Å². The minimum Gasteiger partial charge on any atom is -0.466 e. The number of halogens is 3. The van der Waals surface area contributed by atoms with Crippen molar-refractivity contribution in [3.8, 4) is 0 Å². The maximum Gasteiger partial charge on any atom is 0.523 e. The number of rotatable bonds is 8. The zero-order valence-electron chi connectivity index (χ0n) is 16.6. The van der Waals surface area contributed by atoms with Crippen LogP contribution in [0, 0.1) is 17.8 Å². The quantitative estimate of drug-likeness (QED) is 0.140. The molecule has 0 aliphatic heterocycles. The highest BCUT2D eigenvalue weighted by Gasteiger charge is 2.77. The monoisotopic (exact) mass is 477 g/mol. The van der Waals surface area contributed by atoms with E-state index in [1.54, 1.807) is 30.3 Å². The molecule has 3 rings (SSSR count). The lowest BCUT2D eigenvalue weighted by atomic mass is 9.88. The molecular formula is C18H18F3N3O7S. The third-order valence-corrected chi connectivity index (χ3v) is 6.54. The molecule has 14 heteroatoms. The van der Waals surface area contributed by atoms with Crippen LogP contribution in [0.1, 0.15) is 18.9 Å². The van der Waals surface area contributed by atoms with Crippen molar-refractivity contribution in [2.45, 2.75) is 37.1 Å². The van der Waals surface area contributed by atoms with Crippen molar-refractivity contribution in [1.29, 1.82) is 0 Å². The first-order valence-electron chi connectivity index (χ1n) is 9.43. The van der Waals surface area contributed by atoms with Gasteiger partial charge < -0.3 is 9.47 Å². The lowest BCUT2D eigenvalue weighted by Crippen LogP contribution is -2.52. The molecule has 0 saturated heterocycles. The van der Waals surface area contributed by atoms with Crippen molar-refractivity contribution in [3.63, 3.8) is 0 Å². The Balaban J connectivity index is 1.95. The van der Waals surface area contributed by atoms with Gasteiger partial charge in [0.25, 0.3) is 0 Å². The summed E-state index contributed by atoms with van der Waals surface area (Å²) in [5.74, 6) is -4.92. The van der Waals surface area contributed by atoms with E-state index in [0.29, 0.717) is 5.56 Å². The Morgan fingerprint density at radius 2 is 1.91 bits per heavy atom. The number of nitrogens with zero attached hydrogens (tertiary/aromatic N) is 3. The van der Waals surface area contributed by atoms with Gasteiger partial charge in [-0.3, -0.25) is 13.8 Å². The molecule has 1 aromatic rings. The van der Waals surface area contributed by atoms with Crippen molar-refractivity contribution in [2.75, 3.05) is 6.61 Å². The summed E-state index contributed by atoms with van der Waals surface area (Å²) in [7, 11) is -6.13. The van der Waals surface area contributed by atoms with E-state index in [0.717, 1.165) is 0 Å². The van der Waals surface area contributed by atoms with Crippen LogP contribution in [0.3, 0.4) is 0 Å². The van der Waals surface area contributed by atoms with Crippen LogP contribution in [0.25, 0.3) is 10.4 Å². The smallest absolute Gasteiger partial charge is 0.466 e. The number of carbonyl (C=O) groups is 2. The Morgan fingerprint density at radius 1 is 1.25 bits per heavy atom. The zero-order valence-corrected chi connectivity index (χ0v) is 17.4. The van der Waals surface area contributed by atoms with Gasteiger partial charge in [0.1, 0.15) is 6.61 Å². The summed E-state index contributed by atoms with van der Waals surface area (Å²) in [6.07, 6.45) is -2.46. The number of ether oxygens (including phenoxy) is 2. The second kappa shape index (κ2) is 8.60. The lowest BCUT2D eigenvalue weighted by Gasteiger charge is -2.31. The molecule has 0 bridgehead atoms. The Kier molecular flexibility index (Phi) is 6.40. The SMILES string of the molecule is CCOC(=O)[C@H]1[C@@H]2C[C@@H](OS(=O)(=O)C(F)(F)F)[C@@](N=[N+]=[N-])(C(=O)OCc3ccccc3)[C@@H]21. The molecule has 2 fully saturated rings. The van der Waals surface area contributed by atoms with Crippen molar-refractivity contribution >= 4 is 22.1 Å². The van der Waals surface area contributed by atoms with Crippen LogP contribution in [0.15, 0.2) is 35.4 Å². The van der Waals surface area contributed by atoms with Gasteiger partial charge in [-0.15, -0.1) is 0 Å². The summed E-state index contributed by atoms with van der Waals surface area (Å²) in [4.78, 5) is 27.8. The summed E-state index contributed by atoms with van der Waals surface area (Å²) in [6, 6.07) is 8.21. The zero-order chi connectivity index (χ0) is 23.7. The van der Waals surface area contributed by atoms with E-state index < -0.39 is 63.4 Å². The number of fused-ring (bicyclic) bond motifs is 1. The predicted molar refractivity (Wildman–Crippen MR) is 99.7 cm³/mol. The van der Waals surface area contributed by atoms with E-state index in [1.807, 2.05) is 0 Å². The topological polar surface area (TPSA) is 145 Å². The van der Waals surface area contributed by atoms with E-state index in [1.165, 1.54) is 6.92 Å². The van der Waals surface area contributed by atoms with Gasteiger partial charge in [0.05, 0.1) is 18.6 Å². The lowest BCUT2D eigenvalue weighted by molar-refractivity contribution is -0.157. The average molecular weight is 477 g/mol. The number of hydrogen-bond donors (Lipinski definition) is 0. The normalized spacial score (nSPS) is 28.9. The largest absolute Gasteiger partial charge is 0.523 e. The number of esters is 2. The first-order valence-corrected chi connectivity index (χ1v) is 10.8. The standard InChI is InChI=1S/C18H18F3N3O7S/c1-2-29-15(25)13-11-8-12(31-32(27,28)18(19,20)21)17(14(11)13,23-24-22)16(26)30-9-10-6-4-3-5-7-10/h3-7,11-14H,2,8-9H2,1H3/t11-,12+,13-,14-,17-/m0/s1. The molecule has 2 aliphatic carbocycles. The van der Waals surface area contributed by atoms with E-state index in [2.05, 4.69) is 14.2 Å². The van der Waals surface area contributed by atoms with Crippen molar-refractivity contribution in [1.82, 2.24) is 0 Å². The third-order valence-electron chi connectivity index (χ3n) is 5.49. The molecule has 0 heterocycles. The molecule has 5 atom stereocenters. The van der Waals surface area contributed by atoms with Crippen LogP contribution >= 0.6 is 0 Å². The van der Waals surface area contributed by atoms with Gasteiger partial charge in [-0.1, -0.05) is 35.4 Å². The van der Waals surface area contributed by atoms with E-state index >= 15 is 0 Å². The second-order valence-corrected chi connectivity index (χ2v) is 8.83. The predicted octanol–water partition coefficient (Wildman–Crippen LogP) is 2.84. The van der Waals surface area contributed by atoms with Crippen LogP contribution in [0.2, 0.25) is 0 Å². The van der Waals surface area contributed by atoms with Crippen molar-refractivity contribution in [3.05, 3.63) is 46.3 Å². The molecule has 2 aliphatic rings. The minimum atomic E-state index is -6.13. The molecule has 0 amide bonds. The fourth-order valence-electron chi connectivity index (χ4n) is 4.14. The highest BCUT2D eigenvalue weighted by atomic mass is 32.2. The third kappa shape index (κ3) is 4.12. The number of carbonyl (C=O) groups excluding carboxylic acids is 2. The molecule has 0 unspecified atom stereocenters. The Bertz CT molecular complexity index is 1040. The van der Waals surface area contributed by atoms with Gasteiger partial charge in [-0.2, -0.15) is 21.6 Å². The molecule has 2 saturated carbocycles. The highest BCUT2D eigenvalue weighted by Crippen LogP contribution is 2.65. The van der Waals surface area contributed by atoms with Crippen LogP contribution in [0.4, 0.5) is 13.2 Å². The summed E-state index contributed by atoms with van der Waals surface area (Å²) < 4.78 is 76.3. The number of alkyl halides is 3. The first kappa shape index (κ1) is 23.8.